The molecule has 1 atom stereocenters. The van der Waals surface area contributed by atoms with Gasteiger partial charge in [0.15, 0.2) is 0 Å². The number of hydrogen-bond acceptors (Lipinski definition) is 3. The lowest BCUT2D eigenvalue weighted by molar-refractivity contribution is 0.0218. The van der Waals surface area contributed by atoms with Gasteiger partial charge in [-0.2, -0.15) is 0 Å². The Morgan fingerprint density at radius 3 is 2.67 bits per heavy atom. The minimum atomic E-state index is -0.439. The van der Waals surface area contributed by atoms with Crippen LogP contribution < -0.4 is 5.73 Å². The first-order valence-electron chi connectivity index (χ1n) is 5.18. The minimum Gasteiger partial charge on any atom is -0.444 e. The average molecular weight is 326 g/mol. The molecule has 4 nitrogen and oxygen atoms in total. The molecule has 0 aliphatic carbocycles. The lowest BCUT2D eigenvalue weighted by Crippen LogP contribution is -2.49. The summed E-state index contributed by atoms with van der Waals surface area (Å²) in [7, 11) is 0. The Hall–Kier alpha value is -0.0400. The third-order valence-electron chi connectivity index (χ3n) is 2.35. The normalized spacial score (nSPS) is 26.9. The predicted octanol–water partition coefficient (Wildman–Crippen LogP) is 2.11. The van der Waals surface area contributed by atoms with E-state index < -0.39 is 5.60 Å². The summed E-state index contributed by atoms with van der Waals surface area (Å²) in [5, 5.41) is 0. The summed E-state index contributed by atoms with van der Waals surface area (Å²) in [6.45, 7) is 6.84. The van der Waals surface area contributed by atoms with Crippen molar-refractivity contribution < 1.29 is 9.53 Å². The van der Waals surface area contributed by atoms with Crippen LogP contribution in [0, 0.1) is 0 Å². The second-order valence-electron chi connectivity index (χ2n) is 4.86. The number of amides is 1. The minimum absolute atomic E-state index is 0.250. The van der Waals surface area contributed by atoms with Crippen LogP contribution in [0.4, 0.5) is 4.79 Å². The van der Waals surface area contributed by atoms with Crippen LogP contribution in [0.25, 0.3) is 0 Å². The Morgan fingerprint density at radius 1 is 1.60 bits per heavy atom. The average Bonchev–Trinajstić information content (AvgIpc) is 2.45. The quantitative estimate of drug-likeness (QED) is 0.456. The van der Waals surface area contributed by atoms with Gasteiger partial charge < -0.3 is 10.5 Å². The summed E-state index contributed by atoms with van der Waals surface area (Å²) in [5.74, 6) is 0. The van der Waals surface area contributed by atoms with Crippen molar-refractivity contribution in [2.45, 2.75) is 42.8 Å². The molecular formula is C10H19IN2O2. The molecule has 0 radical (unpaired) electrons. The van der Waals surface area contributed by atoms with Crippen LogP contribution in [0.15, 0.2) is 0 Å². The first kappa shape index (κ1) is 13.0. The largest absolute Gasteiger partial charge is 0.444 e. The van der Waals surface area contributed by atoms with Crippen molar-refractivity contribution in [2.75, 3.05) is 13.1 Å². The van der Waals surface area contributed by atoms with Gasteiger partial charge in [-0.3, -0.25) is 4.90 Å². The fraction of sp³-hybridized carbons (Fsp3) is 0.900. The van der Waals surface area contributed by atoms with Crippen molar-refractivity contribution in [2.24, 2.45) is 5.73 Å². The molecule has 1 heterocycles. The molecule has 1 aliphatic heterocycles. The number of ether oxygens (including phenoxy) is 1. The predicted molar refractivity (Wildman–Crippen MR) is 68.0 cm³/mol. The standard InChI is InChI=1S/C10H19IN2O2/c1-9(2,3)15-8(14)13-6-4-5-10(13,11)7-12/h4-7,12H2,1-3H3/t10-/m0/s1. The number of rotatable bonds is 1. The maximum atomic E-state index is 11.9. The molecule has 0 unspecified atom stereocenters. The number of nitrogens with two attached hydrogens (primary N) is 1. The molecule has 1 rings (SSSR count). The van der Waals surface area contributed by atoms with Gasteiger partial charge in [0.2, 0.25) is 0 Å². The molecule has 2 N–H and O–H groups in total. The highest BCUT2D eigenvalue weighted by Gasteiger charge is 2.42. The number of hydrogen-bond donors (Lipinski definition) is 1. The number of carbonyl (C=O) groups is 1. The van der Waals surface area contributed by atoms with Crippen LogP contribution in [-0.2, 0) is 4.74 Å². The summed E-state index contributed by atoms with van der Waals surface area (Å²) in [6.07, 6.45) is 1.70. The van der Waals surface area contributed by atoms with E-state index in [-0.39, 0.29) is 9.64 Å². The Morgan fingerprint density at radius 2 is 2.20 bits per heavy atom. The molecular weight excluding hydrogens is 307 g/mol. The van der Waals surface area contributed by atoms with Gasteiger partial charge in [-0.1, -0.05) is 22.6 Å². The topological polar surface area (TPSA) is 55.6 Å². The van der Waals surface area contributed by atoms with Gasteiger partial charge in [0.25, 0.3) is 0 Å². The SMILES string of the molecule is CC(C)(C)OC(=O)N1CCC[C@@]1(I)CN. The lowest BCUT2D eigenvalue weighted by Gasteiger charge is -2.33. The van der Waals surface area contributed by atoms with Gasteiger partial charge >= 0.3 is 6.09 Å². The van der Waals surface area contributed by atoms with Crippen molar-refractivity contribution in [3.63, 3.8) is 0 Å². The molecule has 0 aromatic rings. The van der Waals surface area contributed by atoms with Crippen molar-refractivity contribution in [1.82, 2.24) is 4.90 Å². The van der Waals surface area contributed by atoms with E-state index in [0.29, 0.717) is 6.54 Å². The molecule has 0 bridgehead atoms. The highest BCUT2D eigenvalue weighted by molar-refractivity contribution is 14.1. The summed E-state index contributed by atoms with van der Waals surface area (Å²) >= 11 is 2.26. The first-order valence-corrected chi connectivity index (χ1v) is 6.26. The molecule has 15 heavy (non-hydrogen) atoms. The maximum Gasteiger partial charge on any atom is 0.411 e. The summed E-state index contributed by atoms with van der Waals surface area (Å²) in [6, 6.07) is 0. The fourth-order valence-corrected chi connectivity index (χ4v) is 2.45. The van der Waals surface area contributed by atoms with Crippen molar-refractivity contribution in [3.05, 3.63) is 0 Å². The molecule has 88 valence electrons. The first-order chi connectivity index (χ1) is 6.78. The maximum absolute atomic E-state index is 11.9. The van der Waals surface area contributed by atoms with E-state index in [4.69, 9.17) is 10.5 Å². The highest BCUT2D eigenvalue weighted by Crippen LogP contribution is 2.35. The Labute approximate surface area is 105 Å². The van der Waals surface area contributed by atoms with Crippen molar-refractivity contribution in [1.29, 1.82) is 0 Å². The molecule has 1 amide bonds. The number of alkyl halides is 1. The monoisotopic (exact) mass is 326 g/mol. The van der Waals surface area contributed by atoms with Crippen LogP contribution in [0.5, 0.6) is 0 Å². The molecule has 0 aromatic carbocycles. The molecule has 1 saturated heterocycles. The zero-order valence-corrected chi connectivity index (χ0v) is 11.7. The van der Waals surface area contributed by atoms with E-state index in [1.54, 1.807) is 4.90 Å². The highest BCUT2D eigenvalue weighted by atomic mass is 127. The molecule has 1 aliphatic rings. The van der Waals surface area contributed by atoms with E-state index in [2.05, 4.69) is 22.6 Å². The molecule has 5 heteroatoms. The zero-order chi connectivity index (χ0) is 11.7. The lowest BCUT2D eigenvalue weighted by atomic mass is 10.2. The van der Waals surface area contributed by atoms with Crippen LogP contribution in [0.1, 0.15) is 33.6 Å². The van der Waals surface area contributed by atoms with Gasteiger partial charge in [-0.15, -0.1) is 0 Å². The Balaban J connectivity index is 2.67. The zero-order valence-electron chi connectivity index (χ0n) is 9.55. The fourth-order valence-electron chi connectivity index (χ4n) is 1.63. The molecule has 0 spiro atoms. The summed E-state index contributed by atoms with van der Waals surface area (Å²) < 4.78 is 5.10. The van der Waals surface area contributed by atoms with E-state index in [9.17, 15) is 4.79 Å². The Bertz CT molecular complexity index is 252. The van der Waals surface area contributed by atoms with Crippen LogP contribution >= 0.6 is 22.6 Å². The molecule has 1 fully saturated rings. The van der Waals surface area contributed by atoms with Crippen LogP contribution in [-0.4, -0.2) is 33.2 Å². The number of halogens is 1. The van der Waals surface area contributed by atoms with E-state index in [1.807, 2.05) is 20.8 Å². The van der Waals surface area contributed by atoms with Gasteiger partial charge in [0, 0.05) is 13.1 Å². The van der Waals surface area contributed by atoms with E-state index in [0.717, 1.165) is 19.4 Å². The van der Waals surface area contributed by atoms with E-state index in [1.165, 1.54) is 0 Å². The number of likely N-dealkylation sites (tertiary alicyclic amines) is 1. The van der Waals surface area contributed by atoms with Crippen molar-refractivity contribution in [3.8, 4) is 0 Å². The third kappa shape index (κ3) is 3.21. The van der Waals surface area contributed by atoms with Gasteiger partial charge in [-0.05, 0) is 33.6 Å². The van der Waals surface area contributed by atoms with Crippen molar-refractivity contribution >= 4 is 28.7 Å². The van der Waals surface area contributed by atoms with Crippen LogP contribution in [0.3, 0.4) is 0 Å². The smallest absolute Gasteiger partial charge is 0.411 e. The van der Waals surface area contributed by atoms with Gasteiger partial charge in [0.1, 0.15) is 9.15 Å². The number of nitrogens with zero attached hydrogens (tertiary/aromatic N) is 1. The van der Waals surface area contributed by atoms with E-state index >= 15 is 0 Å². The number of carbonyl (C=O) groups excluding carboxylic acids is 1. The molecule has 0 saturated carbocycles. The summed E-state index contributed by atoms with van der Waals surface area (Å²) in [5.41, 5.74) is 5.26. The summed E-state index contributed by atoms with van der Waals surface area (Å²) in [4.78, 5) is 13.6. The van der Waals surface area contributed by atoms with Gasteiger partial charge in [-0.25, -0.2) is 4.79 Å². The second kappa shape index (κ2) is 4.45. The third-order valence-corrected chi connectivity index (χ3v) is 3.91. The van der Waals surface area contributed by atoms with Gasteiger partial charge in [0.05, 0.1) is 0 Å². The Kier molecular flexibility index (Phi) is 3.86. The van der Waals surface area contributed by atoms with Crippen LogP contribution in [0.2, 0.25) is 0 Å². The second-order valence-corrected chi connectivity index (χ2v) is 6.87. The molecule has 0 aromatic heterocycles.